The Morgan fingerprint density at radius 3 is 2.67 bits per heavy atom. The standard InChI is InChI=1S/C19H35FN8O2/c20-12-7-23-18-16(17(21)25-28(18)9-12)19(29)24-14-8-22-4-1-15(14)26-5-2-13(3-6-26)27-10-30-11-27/h12-18,22-23,25H,1-11,21H2,(H,24,29). The number of halogens is 1. The zero-order valence-corrected chi connectivity index (χ0v) is 17.4. The van der Waals surface area contributed by atoms with Crippen molar-refractivity contribution in [1.29, 1.82) is 0 Å². The van der Waals surface area contributed by atoms with Crippen LogP contribution in [-0.2, 0) is 9.53 Å². The van der Waals surface area contributed by atoms with Gasteiger partial charge in [-0.15, -0.1) is 0 Å². The van der Waals surface area contributed by atoms with Crippen LogP contribution in [0.3, 0.4) is 0 Å². The highest BCUT2D eigenvalue weighted by atomic mass is 19.1. The smallest absolute Gasteiger partial charge is 0.229 e. The SMILES string of the molecule is NC1NN2CC(F)CNC2C1C(=O)NC1CNCCC1N1CCC(N2COC2)CC1. The van der Waals surface area contributed by atoms with Crippen molar-refractivity contribution in [2.24, 2.45) is 11.7 Å². The Hall–Kier alpha value is -0.920. The summed E-state index contributed by atoms with van der Waals surface area (Å²) in [6, 6.07) is 1.00. The van der Waals surface area contributed by atoms with Crippen molar-refractivity contribution in [2.75, 3.05) is 52.7 Å². The molecule has 0 bridgehead atoms. The van der Waals surface area contributed by atoms with Gasteiger partial charge >= 0.3 is 0 Å². The van der Waals surface area contributed by atoms with Crippen LogP contribution in [0.2, 0.25) is 0 Å². The average Bonchev–Trinajstić information content (AvgIpc) is 3.02. The van der Waals surface area contributed by atoms with E-state index in [0.29, 0.717) is 12.1 Å². The van der Waals surface area contributed by atoms with Gasteiger partial charge in [0.25, 0.3) is 0 Å². The Morgan fingerprint density at radius 2 is 1.93 bits per heavy atom. The monoisotopic (exact) mass is 426 g/mol. The summed E-state index contributed by atoms with van der Waals surface area (Å²) in [6.07, 6.45) is 1.58. The molecule has 6 N–H and O–H groups in total. The first-order valence-electron chi connectivity index (χ1n) is 11.3. The molecule has 0 aromatic rings. The van der Waals surface area contributed by atoms with Gasteiger partial charge in [0.05, 0.1) is 24.3 Å². The number of carbonyl (C=O) groups excluding carboxylic acids is 1. The number of nitrogens with two attached hydrogens (primary N) is 1. The van der Waals surface area contributed by atoms with E-state index in [1.54, 1.807) is 5.01 Å². The van der Waals surface area contributed by atoms with E-state index < -0.39 is 18.3 Å². The molecule has 5 fully saturated rings. The lowest BCUT2D eigenvalue weighted by Crippen LogP contribution is -2.64. The van der Waals surface area contributed by atoms with Gasteiger partial charge in [-0.1, -0.05) is 0 Å². The molecule has 5 saturated heterocycles. The number of nitrogens with one attached hydrogen (secondary N) is 4. The van der Waals surface area contributed by atoms with E-state index in [1.807, 2.05) is 0 Å². The van der Waals surface area contributed by atoms with Gasteiger partial charge in [0.1, 0.15) is 19.6 Å². The van der Waals surface area contributed by atoms with Crippen molar-refractivity contribution < 1.29 is 13.9 Å². The second-order valence-corrected chi connectivity index (χ2v) is 9.28. The van der Waals surface area contributed by atoms with Gasteiger partial charge in [-0.2, -0.15) is 0 Å². The number of ether oxygens (including phenoxy) is 1. The van der Waals surface area contributed by atoms with Crippen molar-refractivity contribution in [2.45, 2.75) is 55.9 Å². The summed E-state index contributed by atoms with van der Waals surface area (Å²) in [5.41, 5.74) is 9.28. The second kappa shape index (κ2) is 8.91. The fourth-order valence-electron chi connectivity index (χ4n) is 5.68. The quantitative estimate of drug-likeness (QED) is 0.334. The number of amides is 1. The lowest BCUT2D eigenvalue weighted by molar-refractivity contribution is -0.173. The third-order valence-corrected chi connectivity index (χ3v) is 7.40. The fourth-order valence-corrected chi connectivity index (χ4v) is 5.68. The number of hydrogen-bond donors (Lipinski definition) is 5. The molecule has 170 valence electrons. The summed E-state index contributed by atoms with van der Waals surface area (Å²) < 4.78 is 19.0. The molecule has 10 nitrogen and oxygen atoms in total. The third-order valence-electron chi connectivity index (χ3n) is 7.40. The van der Waals surface area contributed by atoms with Crippen LogP contribution >= 0.6 is 0 Å². The Morgan fingerprint density at radius 1 is 1.13 bits per heavy atom. The zero-order valence-electron chi connectivity index (χ0n) is 17.4. The number of hydrogen-bond acceptors (Lipinski definition) is 9. The Labute approximate surface area is 177 Å². The zero-order chi connectivity index (χ0) is 20.7. The molecular formula is C19H35FN8O2. The molecule has 0 spiro atoms. The molecule has 6 unspecified atom stereocenters. The molecule has 5 aliphatic rings. The Kier molecular flexibility index (Phi) is 6.22. The summed E-state index contributed by atoms with van der Waals surface area (Å²) in [6.45, 7) is 5.88. The highest BCUT2D eigenvalue weighted by Crippen LogP contribution is 2.25. The van der Waals surface area contributed by atoms with Crippen LogP contribution in [0.25, 0.3) is 0 Å². The maximum absolute atomic E-state index is 13.7. The van der Waals surface area contributed by atoms with Gasteiger partial charge in [-0.25, -0.2) is 14.8 Å². The number of piperidine rings is 2. The highest BCUT2D eigenvalue weighted by molar-refractivity contribution is 5.81. The maximum Gasteiger partial charge on any atom is 0.229 e. The number of likely N-dealkylation sites (tertiary alicyclic amines) is 1. The number of hydrazine groups is 1. The van der Waals surface area contributed by atoms with Crippen LogP contribution in [0, 0.1) is 5.92 Å². The summed E-state index contributed by atoms with van der Waals surface area (Å²) in [7, 11) is 0. The van der Waals surface area contributed by atoms with Gasteiger partial charge in [0.2, 0.25) is 5.91 Å². The van der Waals surface area contributed by atoms with E-state index in [4.69, 9.17) is 10.5 Å². The molecule has 5 rings (SSSR count). The van der Waals surface area contributed by atoms with E-state index in [1.165, 1.54) is 0 Å². The van der Waals surface area contributed by atoms with Crippen molar-refractivity contribution >= 4 is 5.91 Å². The fraction of sp³-hybridized carbons (Fsp3) is 0.947. The predicted octanol–water partition coefficient (Wildman–Crippen LogP) is -2.47. The number of carbonyl (C=O) groups is 1. The minimum atomic E-state index is -0.958. The second-order valence-electron chi connectivity index (χ2n) is 9.28. The molecule has 0 radical (unpaired) electrons. The minimum Gasteiger partial charge on any atom is -0.351 e. The normalized spacial score (nSPS) is 41.9. The van der Waals surface area contributed by atoms with Crippen LogP contribution < -0.4 is 27.1 Å². The number of alkyl halides is 1. The first kappa shape index (κ1) is 21.0. The third kappa shape index (κ3) is 4.09. The topological polar surface area (TPSA) is 110 Å². The van der Waals surface area contributed by atoms with E-state index in [0.717, 1.165) is 58.9 Å². The molecule has 5 aliphatic heterocycles. The van der Waals surface area contributed by atoms with Crippen LogP contribution in [0.15, 0.2) is 0 Å². The van der Waals surface area contributed by atoms with Gasteiger partial charge in [-0.3, -0.25) is 19.9 Å². The van der Waals surface area contributed by atoms with Crippen LogP contribution in [0.1, 0.15) is 19.3 Å². The van der Waals surface area contributed by atoms with Crippen molar-refractivity contribution in [3.8, 4) is 0 Å². The van der Waals surface area contributed by atoms with Gasteiger partial charge < -0.3 is 21.1 Å². The average molecular weight is 427 g/mol. The summed E-state index contributed by atoms with van der Waals surface area (Å²) in [4.78, 5) is 18.2. The van der Waals surface area contributed by atoms with E-state index in [2.05, 4.69) is 31.2 Å². The molecule has 5 heterocycles. The molecule has 0 aromatic heterocycles. The summed E-state index contributed by atoms with van der Waals surface area (Å²) in [5.74, 6) is -0.504. The number of rotatable bonds is 4. The highest BCUT2D eigenvalue weighted by Gasteiger charge is 2.48. The predicted molar refractivity (Wildman–Crippen MR) is 108 cm³/mol. The van der Waals surface area contributed by atoms with Crippen molar-refractivity contribution in [1.82, 2.24) is 36.2 Å². The first-order chi connectivity index (χ1) is 14.6. The lowest BCUT2D eigenvalue weighted by atomic mass is 9.93. The molecule has 30 heavy (non-hydrogen) atoms. The van der Waals surface area contributed by atoms with Gasteiger partial charge in [-0.05, 0) is 25.8 Å². The molecule has 0 saturated carbocycles. The molecule has 0 aliphatic carbocycles. The van der Waals surface area contributed by atoms with Crippen molar-refractivity contribution in [3.63, 3.8) is 0 Å². The van der Waals surface area contributed by atoms with Crippen LogP contribution in [0.5, 0.6) is 0 Å². The minimum absolute atomic E-state index is 0.0499. The molecule has 0 aromatic carbocycles. The van der Waals surface area contributed by atoms with E-state index >= 15 is 0 Å². The number of fused-ring (bicyclic) bond motifs is 1. The van der Waals surface area contributed by atoms with E-state index in [-0.39, 0.29) is 31.2 Å². The van der Waals surface area contributed by atoms with Crippen LogP contribution in [-0.4, -0.2) is 110 Å². The van der Waals surface area contributed by atoms with E-state index in [9.17, 15) is 9.18 Å². The maximum atomic E-state index is 13.7. The summed E-state index contributed by atoms with van der Waals surface area (Å²) in [5, 5.41) is 11.6. The van der Waals surface area contributed by atoms with Crippen molar-refractivity contribution in [3.05, 3.63) is 0 Å². The first-order valence-corrected chi connectivity index (χ1v) is 11.3. The Bertz CT molecular complexity index is 617. The molecular weight excluding hydrogens is 391 g/mol. The molecule has 11 heteroatoms. The largest absolute Gasteiger partial charge is 0.351 e. The van der Waals surface area contributed by atoms with Gasteiger partial charge in [0, 0.05) is 44.8 Å². The number of nitrogens with zero attached hydrogens (tertiary/aromatic N) is 3. The lowest BCUT2D eigenvalue weighted by Gasteiger charge is -2.47. The van der Waals surface area contributed by atoms with Crippen LogP contribution in [0.4, 0.5) is 4.39 Å². The molecule has 1 amide bonds. The van der Waals surface area contributed by atoms with Gasteiger partial charge in [0.15, 0.2) is 0 Å². The Balaban J connectivity index is 1.19. The molecule has 6 atom stereocenters. The summed E-state index contributed by atoms with van der Waals surface area (Å²) >= 11 is 0.